The van der Waals surface area contributed by atoms with Gasteiger partial charge in [0, 0.05) is 24.0 Å². The van der Waals surface area contributed by atoms with Gasteiger partial charge in [0.15, 0.2) is 0 Å². The third-order valence-corrected chi connectivity index (χ3v) is 2.96. The molecule has 4 heteroatoms. The zero-order valence-corrected chi connectivity index (χ0v) is 9.99. The van der Waals surface area contributed by atoms with Gasteiger partial charge in [-0.2, -0.15) is 13.2 Å². The van der Waals surface area contributed by atoms with Crippen LogP contribution < -0.4 is 0 Å². The lowest BCUT2D eigenvalue weighted by molar-refractivity contribution is -0.0947. The second kappa shape index (κ2) is 4.93. The van der Waals surface area contributed by atoms with Crippen LogP contribution in [0.15, 0.2) is 23.0 Å². The molecule has 0 aromatic rings. The fourth-order valence-electron chi connectivity index (χ4n) is 2.04. The van der Waals surface area contributed by atoms with Crippen LogP contribution in [0.5, 0.6) is 0 Å². The van der Waals surface area contributed by atoms with E-state index in [-0.39, 0.29) is 6.42 Å². The van der Waals surface area contributed by atoms with Gasteiger partial charge in [-0.25, -0.2) is 0 Å². The SMILES string of the molecule is CCC1=C(C)CCC(C(F)(F)F)=CN1CC. The monoisotopic (exact) mass is 233 g/mol. The van der Waals surface area contributed by atoms with Crippen LogP contribution in [0.25, 0.3) is 0 Å². The molecule has 1 rings (SSSR count). The normalized spacial score (nSPS) is 18.6. The average Bonchev–Trinajstić information content (AvgIpc) is 2.35. The number of halogens is 3. The molecule has 92 valence electrons. The van der Waals surface area contributed by atoms with Gasteiger partial charge in [0.1, 0.15) is 0 Å². The Hall–Kier alpha value is -0.930. The summed E-state index contributed by atoms with van der Waals surface area (Å²) in [4.78, 5) is 1.73. The molecule has 0 saturated carbocycles. The van der Waals surface area contributed by atoms with E-state index in [2.05, 4.69) is 0 Å². The lowest BCUT2D eigenvalue weighted by Gasteiger charge is -2.23. The van der Waals surface area contributed by atoms with E-state index in [0.29, 0.717) is 13.0 Å². The van der Waals surface area contributed by atoms with Crippen molar-refractivity contribution in [1.29, 1.82) is 0 Å². The molecule has 0 atom stereocenters. The van der Waals surface area contributed by atoms with E-state index in [0.717, 1.165) is 17.7 Å². The molecule has 0 radical (unpaired) electrons. The van der Waals surface area contributed by atoms with Gasteiger partial charge in [-0.1, -0.05) is 12.5 Å². The van der Waals surface area contributed by atoms with Gasteiger partial charge in [0.2, 0.25) is 0 Å². The maximum atomic E-state index is 12.7. The van der Waals surface area contributed by atoms with Gasteiger partial charge in [-0.3, -0.25) is 0 Å². The van der Waals surface area contributed by atoms with Crippen molar-refractivity contribution < 1.29 is 13.2 Å². The van der Waals surface area contributed by atoms with E-state index in [1.807, 2.05) is 20.8 Å². The van der Waals surface area contributed by atoms with Gasteiger partial charge in [-0.15, -0.1) is 0 Å². The molecule has 1 nitrogen and oxygen atoms in total. The molecule has 1 aliphatic heterocycles. The molecule has 0 amide bonds. The van der Waals surface area contributed by atoms with E-state index in [4.69, 9.17) is 0 Å². The first kappa shape index (κ1) is 13.1. The van der Waals surface area contributed by atoms with Crippen LogP contribution in [0.2, 0.25) is 0 Å². The molecule has 1 aliphatic rings. The zero-order valence-electron chi connectivity index (χ0n) is 9.99. The molecule has 0 aromatic carbocycles. The highest BCUT2D eigenvalue weighted by molar-refractivity contribution is 5.22. The molecule has 0 aliphatic carbocycles. The fraction of sp³-hybridized carbons (Fsp3) is 0.667. The summed E-state index contributed by atoms with van der Waals surface area (Å²) in [5.41, 5.74) is 1.68. The van der Waals surface area contributed by atoms with E-state index >= 15 is 0 Å². The van der Waals surface area contributed by atoms with Crippen LogP contribution in [-0.4, -0.2) is 17.6 Å². The minimum absolute atomic E-state index is 0.0926. The van der Waals surface area contributed by atoms with Crippen LogP contribution in [-0.2, 0) is 0 Å². The topological polar surface area (TPSA) is 3.24 Å². The third kappa shape index (κ3) is 2.80. The van der Waals surface area contributed by atoms with E-state index in [1.165, 1.54) is 6.20 Å². The Labute approximate surface area is 94.6 Å². The molecule has 0 spiro atoms. The highest BCUT2D eigenvalue weighted by atomic mass is 19.4. The van der Waals surface area contributed by atoms with E-state index in [1.54, 1.807) is 4.90 Å². The summed E-state index contributed by atoms with van der Waals surface area (Å²) in [5.74, 6) is 0. The molecule has 1 heterocycles. The molecular formula is C12H18F3N. The van der Waals surface area contributed by atoms with Crippen LogP contribution in [0.4, 0.5) is 13.2 Å². The molecular weight excluding hydrogens is 215 g/mol. The minimum atomic E-state index is -4.20. The number of allylic oxidation sites excluding steroid dienone is 3. The Balaban J connectivity index is 3.05. The Morgan fingerprint density at radius 1 is 1.25 bits per heavy atom. The zero-order chi connectivity index (χ0) is 12.3. The van der Waals surface area contributed by atoms with Gasteiger partial charge in [0.05, 0.1) is 0 Å². The van der Waals surface area contributed by atoms with Crippen molar-refractivity contribution in [3.05, 3.63) is 23.0 Å². The molecule has 0 N–H and O–H groups in total. The standard InChI is InChI=1S/C12H18F3N/c1-4-11-9(3)6-7-10(12(13,14)15)8-16(11)5-2/h8H,4-7H2,1-3H3. The van der Waals surface area contributed by atoms with Gasteiger partial charge >= 0.3 is 6.18 Å². The molecule has 0 aromatic heterocycles. The first-order chi connectivity index (χ1) is 7.40. The third-order valence-electron chi connectivity index (χ3n) is 2.96. The van der Waals surface area contributed by atoms with E-state index in [9.17, 15) is 13.2 Å². The highest BCUT2D eigenvalue weighted by Crippen LogP contribution is 2.34. The minimum Gasteiger partial charge on any atom is -0.351 e. The summed E-state index contributed by atoms with van der Waals surface area (Å²) < 4.78 is 38.0. The maximum absolute atomic E-state index is 12.7. The molecule has 0 bridgehead atoms. The molecule has 0 saturated heterocycles. The van der Waals surface area contributed by atoms with Crippen molar-refractivity contribution in [2.24, 2.45) is 0 Å². The predicted octanol–water partition coefficient (Wildman–Crippen LogP) is 4.23. The van der Waals surface area contributed by atoms with Crippen molar-refractivity contribution in [2.75, 3.05) is 6.54 Å². The van der Waals surface area contributed by atoms with Crippen LogP contribution in [0, 0.1) is 0 Å². The maximum Gasteiger partial charge on any atom is 0.414 e. The second-order valence-electron chi connectivity index (χ2n) is 4.02. The van der Waals surface area contributed by atoms with Crippen LogP contribution in [0.1, 0.15) is 40.0 Å². The lowest BCUT2D eigenvalue weighted by Crippen LogP contribution is -2.19. The largest absolute Gasteiger partial charge is 0.414 e. The number of hydrogen-bond donors (Lipinski definition) is 0. The lowest BCUT2D eigenvalue weighted by atomic mass is 10.1. The van der Waals surface area contributed by atoms with Crippen molar-refractivity contribution in [2.45, 2.75) is 46.2 Å². The summed E-state index contributed by atoms with van der Waals surface area (Å²) in [6, 6.07) is 0. The Kier molecular flexibility index (Phi) is 4.05. The van der Waals surface area contributed by atoms with Gasteiger partial charge in [-0.05, 0) is 33.1 Å². The number of alkyl halides is 3. The Morgan fingerprint density at radius 3 is 2.31 bits per heavy atom. The number of rotatable bonds is 2. The summed E-state index contributed by atoms with van der Waals surface area (Å²) in [7, 11) is 0. The van der Waals surface area contributed by atoms with Crippen LogP contribution >= 0.6 is 0 Å². The molecule has 0 unspecified atom stereocenters. The van der Waals surface area contributed by atoms with Crippen molar-refractivity contribution in [1.82, 2.24) is 4.90 Å². The first-order valence-electron chi connectivity index (χ1n) is 5.63. The number of nitrogens with zero attached hydrogens (tertiary/aromatic N) is 1. The van der Waals surface area contributed by atoms with Gasteiger partial charge < -0.3 is 4.90 Å². The second-order valence-corrected chi connectivity index (χ2v) is 4.02. The summed E-state index contributed by atoms with van der Waals surface area (Å²) in [5, 5.41) is 0. The van der Waals surface area contributed by atoms with Crippen molar-refractivity contribution >= 4 is 0 Å². The highest BCUT2D eigenvalue weighted by Gasteiger charge is 2.34. The molecule has 16 heavy (non-hydrogen) atoms. The van der Waals surface area contributed by atoms with Crippen molar-refractivity contribution in [3.63, 3.8) is 0 Å². The fourth-order valence-corrected chi connectivity index (χ4v) is 2.04. The quantitative estimate of drug-likeness (QED) is 0.689. The summed E-state index contributed by atoms with van der Waals surface area (Å²) in [6.07, 6.45) is -1.55. The molecule has 0 fully saturated rings. The van der Waals surface area contributed by atoms with Crippen molar-refractivity contribution in [3.8, 4) is 0 Å². The van der Waals surface area contributed by atoms with Crippen LogP contribution in [0.3, 0.4) is 0 Å². The first-order valence-corrected chi connectivity index (χ1v) is 5.63. The summed E-state index contributed by atoms with van der Waals surface area (Å²) >= 11 is 0. The number of hydrogen-bond acceptors (Lipinski definition) is 1. The predicted molar refractivity (Wildman–Crippen MR) is 58.7 cm³/mol. The Morgan fingerprint density at radius 2 is 1.88 bits per heavy atom. The van der Waals surface area contributed by atoms with Gasteiger partial charge in [0.25, 0.3) is 0 Å². The Bertz CT molecular complexity index is 313. The van der Waals surface area contributed by atoms with E-state index < -0.39 is 11.7 Å². The average molecular weight is 233 g/mol. The summed E-state index contributed by atoms with van der Waals surface area (Å²) in [6.45, 7) is 6.36. The smallest absolute Gasteiger partial charge is 0.351 e.